The molecule has 0 radical (unpaired) electrons. The molecule has 1 unspecified atom stereocenters. The quantitative estimate of drug-likeness (QED) is 0.598. The van der Waals surface area contributed by atoms with E-state index in [2.05, 4.69) is 26.6 Å². The number of nitrogens with zero attached hydrogens (tertiary/aromatic N) is 2. The lowest BCUT2D eigenvalue weighted by Crippen LogP contribution is -2.44. The summed E-state index contributed by atoms with van der Waals surface area (Å²) >= 11 is 1.70. The number of nitrogens with one attached hydrogen (secondary N) is 2. The summed E-state index contributed by atoms with van der Waals surface area (Å²) in [6.45, 7) is 3.12. The Morgan fingerprint density at radius 3 is 2.67 bits per heavy atom. The van der Waals surface area contributed by atoms with Crippen LogP contribution in [-0.4, -0.2) is 37.0 Å². The number of halogens is 3. The van der Waals surface area contributed by atoms with E-state index >= 15 is 0 Å². The Kier molecular flexibility index (Phi) is 6.38. The fourth-order valence-corrected chi connectivity index (χ4v) is 3.77. The molecule has 2 aromatic rings. The summed E-state index contributed by atoms with van der Waals surface area (Å²) in [5, 5.41) is 8.78. The number of thiophene rings is 1. The van der Waals surface area contributed by atoms with Gasteiger partial charge in [0, 0.05) is 37.6 Å². The smallest absolute Gasteiger partial charge is 0.352 e. The molecule has 2 heterocycles. The predicted octanol–water partition coefficient (Wildman–Crippen LogP) is 3.71. The molecule has 1 aromatic heterocycles. The van der Waals surface area contributed by atoms with E-state index in [0.717, 1.165) is 49.7 Å². The highest BCUT2D eigenvalue weighted by molar-refractivity contribution is 7.09. The molecule has 2 N–H and O–H groups in total. The van der Waals surface area contributed by atoms with E-state index in [1.165, 1.54) is 4.88 Å². The van der Waals surface area contributed by atoms with Crippen LogP contribution in [0, 0.1) is 0 Å². The molecule has 0 spiro atoms. The SMILES string of the molecule is CN=C(NCc1cccs1)NC1CCN(Cc2ccc(C(F)(F)F)cc2)C1. The molecular formula is C19H23F3N4S. The summed E-state index contributed by atoms with van der Waals surface area (Å²) in [7, 11) is 1.75. The minimum atomic E-state index is -4.28. The molecular weight excluding hydrogens is 373 g/mol. The summed E-state index contributed by atoms with van der Waals surface area (Å²) < 4.78 is 37.9. The molecule has 8 heteroatoms. The van der Waals surface area contributed by atoms with Gasteiger partial charge in [-0.3, -0.25) is 9.89 Å². The van der Waals surface area contributed by atoms with Crippen LogP contribution < -0.4 is 10.6 Å². The van der Waals surface area contributed by atoms with Gasteiger partial charge in [0.25, 0.3) is 0 Å². The number of hydrogen-bond donors (Lipinski definition) is 2. The molecule has 0 saturated carbocycles. The molecule has 1 aromatic carbocycles. The Bertz CT molecular complexity index is 741. The molecule has 0 amide bonds. The molecule has 0 aliphatic carbocycles. The van der Waals surface area contributed by atoms with Crippen molar-refractivity contribution in [2.75, 3.05) is 20.1 Å². The molecule has 1 aliphatic rings. The van der Waals surface area contributed by atoms with Gasteiger partial charge in [0.2, 0.25) is 0 Å². The minimum Gasteiger partial charge on any atom is -0.352 e. The summed E-state index contributed by atoms with van der Waals surface area (Å²) in [6.07, 6.45) is -3.31. The van der Waals surface area contributed by atoms with Crippen molar-refractivity contribution in [2.24, 2.45) is 4.99 Å². The van der Waals surface area contributed by atoms with Gasteiger partial charge in [0.15, 0.2) is 5.96 Å². The molecule has 1 aliphatic heterocycles. The van der Waals surface area contributed by atoms with Crippen molar-refractivity contribution >= 4 is 17.3 Å². The van der Waals surface area contributed by atoms with Gasteiger partial charge in [0.05, 0.1) is 12.1 Å². The van der Waals surface area contributed by atoms with Crippen molar-refractivity contribution in [3.8, 4) is 0 Å². The molecule has 1 fully saturated rings. The third kappa shape index (κ3) is 5.71. The lowest BCUT2D eigenvalue weighted by atomic mass is 10.1. The van der Waals surface area contributed by atoms with Crippen molar-refractivity contribution < 1.29 is 13.2 Å². The second kappa shape index (κ2) is 8.75. The van der Waals surface area contributed by atoms with Crippen molar-refractivity contribution in [1.82, 2.24) is 15.5 Å². The second-order valence-corrected chi connectivity index (χ2v) is 7.60. The van der Waals surface area contributed by atoms with Gasteiger partial charge < -0.3 is 10.6 Å². The fraction of sp³-hybridized carbons (Fsp3) is 0.421. The molecule has 1 saturated heterocycles. The van der Waals surface area contributed by atoms with Gasteiger partial charge in [-0.25, -0.2) is 0 Å². The molecule has 27 heavy (non-hydrogen) atoms. The number of aliphatic imine (C=N–C) groups is 1. The number of guanidine groups is 1. The number of rotatable bonds is 5. The third-order valence-electron chi connectivity index (χ3n) is 4.53. The first-order valence-electron chi connectivity index (χ1n) is 8.82. The van der Waals surface area contributed by atoms with Crippen LogP contribution in [0.5, 0.6) is 0 Å². The number of likely N-dealkylation sites (tertiary alicyclic amines) is 1. The highest BCUT2D eigenvalue weighted by Crippen LogP contribution is 2.29. The molecule has 146 valence electrons. The van der Waals surface area contributed by atoms with Crippen molar-refractivity contribution in [1.29, 1.82) is 0 Å². The van der Waals surface area contributed by atoms with Crippen LogP contribution in [0.1, 0.15) is 22.4 Å². The third-order valence-corrected chi connectivity index (χ3v) is 5.41. The molecule has 3 rings (SSSR count). The van der Waals surface area contributed by atoms with Crippen LogP contribution >= 0.6 is 11.3 Å². The van der Waals surface area contributed by atoms with E-state index in [1.807, 2.05) is 11.4 Å². The van der Waals surface area contributed by atoms with E-state index in [9.17, 15) is 13.2 Å². The van der Waals surface area contributed by atoms with Gasteiger partial charge in [-0.2, -0.15) is 13.2 Å². The Balaban J connectivity index is 1.46. The van der Waals surface area contributed by atoms with E-state index < -0.39 is 11.7 Å². The highest BCUT2D eigenvalue weighted by atomic mass is 32.1. The standard InChI is InChI=1S/C19H23F3N4S/c1-23-18(24-11-17-3-2-10-27-17)25-16-8-9-26(13-16)12-14-4-6-15(7-5-14)19(20,21)22/h2-7,10,16H,8-9,11-13H2,1H3,(H2,23,24,25). The maximum atomic E-state index is 12.6. The summed E-state index contributed by atoms with van der Waals surface area (Å²) in [6, 6.07) is 9.79. The first kappa shape index (κ1) is 19.7. The van der Waals surface area contributed by atoms with Gasteiger partial charge in [-0.05, 0) is 35.6 Å². The maximum Gasteiger partial charge on any atom is 0.416 e. The first-order chi connectivity index (χ1) is 12.9. The Morgan fingerprint density at radius 1 is 1.26 bits per heavy atom. The minimum absolute atomic E-state index is 0.272. The summed E-state index contributed by atoms with van der Waals surface area (Å²) in [4.78, 5) is 7.75. The highest BCUT2D eigenvalue weighted by Gasteiger charge is 2.30. The van der Waals surface area contributed by atoms with E-state index in [-0.39, 0.29) is 6.04 Å². The van der Waals surface area contributed by atoms with Crippen LogP contribution in [0.15, 0.2) is 46.8 Å². The lowest BCUT2D eigenvalue weighted by Gasteiger charge is -2.19. The zero-order valence-corrected chi connectivity index (χ0v) is 15.9. The average molecular weight is 396 g/mol. The van der Waals surface area contributed by atoms with Crippen LogP contribution in [0.4, 0.5) is 13.2 Å². The van der Waals surface area contributed by atoms with Crippen molar-refractivity contribution in [3.63, 3.8) is 0 Å². The van der Waals surface area contributed by atoms with E-state index in [4.69, 9.17) is 0 Å². The van der Waals surface area contributed by atoms with Crippen LogP contribution in [0.3, 0.4) is 0 Å². The summed E-state index contributed by atoms with van der Waals surface area (Å²) in [5.41, 5.74) is 0.289. The lowest BCUT2D eigenvalue weighted by molar-refractivity contribution is -0.137. The van der Waals surface area contributed by atoms with Gasteiger partial charge in [-0.15, -0.1) is 11.3 Å². The summed E-state index contributed by atoms with van der Waals surface area (Å²) in [5.74, 6) is 0.768. The molecule has 0 bridgehead atoms. The first-order valence-corrected chi connectivity index (χ1v) is 9.70. The number of benzene rings is 1. The normalized spacial score (nSPS) is 18.7. The molecule has 1 atom stereocenters. The van der Waals surface area contributed by atoms with Crippen molar-refractivity contribution in [3.05, 3.63) is 57.8 Å². The Morgan fingerprint density at radius 2 is 2.04 bits per heavy atom. The zero-order valence-electron chi connectivity index (χ0n) is 15.1. The van der Waals surface area contributed by atoms with Gasteiger partial charge >= 0.3 is 6.18 Å². The predicted molar refractivity (Wildman–Crippen MR) is 103 cm³/mol. The number of hydrogen-bond acceptors (Lipinski definition) is 3. The number of alkyl halides is 3. The van der Waals surface area contributed by atoms with E-state index in [1.54, 1.807) is 30.5 Å². The largest absolute Gasteiger partial charge is 0.416 e. The fourth-order valence-electron chi connectivity index (χ4n) is 3.12. The van der Waals surface area contributed by atoms with Crippen LogP contribution in [0.2, 0.25) is 0 Å². The van der Waals surface area contributed by atoms with Crippen molar-refractivity contribution in [2.45, 2.75) is 31.7 Å². The topological polar surface area (TPSA) is 39.7 Å². The van der Waals surface area contributed by atoms with Crippen LogP contribution in [-0.2, 0) is 19.3 Å². The van der Waals surface area contributed by atoms with E-state index in [0.29, 0.717) is 6.54 Å². The average Bonchev–Trinajstić information content (AvgIpc) is 3.30. The Labute approximate surface area is 161 Å². The monoisotopic (exact) mass is 396 g/mol. The maximum absolute atomic E-state index is 12.6. The molecule has 4 nitrogen and oxygen atoms in total. The second-order valence-electron chi connectivity index (χ2n) is 6.56. The Hall–Kier alpha value is -2.06. The van der Waals surface area contributed by atoms with Crippen LogP contribution in [0.25, 0.3) is 0 Å². The van der Waals surface area contributed by atoms with Gasteiger partial charge in [0.1, 0.15) is 0 Å². The van der Waals surface area contributed by atoms with Gasteiger partial charge in [-0.1, -0.05) is 18.2 Å². The zero-order chi connectivity index (χ0) is 19.3.